The molecule has 3 aromatic carbocycles. The van der Waals surface area contributed by atoms with Crippen LogP contribution in [0.15, 0.2) is 89.1 Å². The number of H-pyrrole nitrogens is 1. The van der Waals surface area contributed by atoms with Crippen LogP contribution in [-0.4, -0.2) is 38.4 Å². The lowest BCUT2D eigenvalue weighted by molar-refractivity contribution is 0.415. The molecule has 0 atom stereocenters. The quantitative estimate of drug-likeness (QED) is 0.405. The van der Waals surface area contributed by atoms with Gasteiger partial charge < -0.3 is 9.72 Å². The minimum absolute atomic E-state index is 0.689. The number of hydrogen-bond donors (Lipinski definition) is 1. The van der Waals surface area contributed by atoms with Crippen LogP contribution in [0.2, 0.25) is 0 Å². The average molecular weight is 438 g/mol. The van der Waals surface area contributed by atoms with E-state index in [0.29, 0.717) is 5.82 Å². The van der Waals surface area contributed by atoms with Gasteiger partial charge in [0.05, 0.1) is 18.5 Å². The molecule has 3 heterocycles. The van der Waals surface area contributed by atoms with E-state index >= 15 is 0 Å². The summed E-state index contributed by atoms with van der Waals surface area (Å²) in [4.78, 5) is 3.56. The maximum atomic E-state index is 5.49. The van der Waals surface area contributed by atoms with Crippen LogP contribution in [0.3, 0.4) is 0 Å². The minimum atomic E-state index is 0.689. The van der Waals surface area contributed by atoms with Crippen molar-refractivity contribution in [2.75, 3.05) is 12.9 Å². The van der Waals surface area contributed by atoms with Crippen LogP contribution in [0.5, 0.6) is 5.75 Å². The SMILES string of the molecule is COc1ccc2[nH]c(-c3nnc4n3N=C(c3ccccc3)CS4)c(-c3ccccc3)c2c1. The Labute approximate surface area is 189 Å². The number of nitrogens with zero attached hydrogens (tertiary/aromatic N) is 4. The number of aromatic amines is 1. The second-order valence-electron chi connectivity index (χ2n) is 7.47. The lowest BCUT2D eigenvalue weighted by Crippen LogP contribution is -2.13. The van der Waals surface area contributed by atoms with E-state index in [1.54, 1.807) is 18.9 Å². The number of fused-ring (bicyclic) bond motifs is 2. The molecule has 6 rings (SSSR count). The molecule has 5 aromatic rings. The zero-order valence-corrected chi connectivity index (χ0v) is 18.1. The summed E-state index contributed by atoms with van der Waals surface area (Å²) in [5.74, 6) is 2.26. The number of benzene rings is 3. The van der Waals surface area contributed by atoms with Crippen LogP contribution in [0, 0.1) is 0 Å². The van der Waals surface area contributed by atoms with Crippen LogP contribution in [-0.2, 0) is 0 Å². The standard InChI is InChI=1S/C25H19N5OS/c1-31-18-12-13-20-19(14-18)22(17-10-6-3-7-11-17)23(26-20)24-27-28-25-30(24)29-21(15-32-25)16-8-4-2-5-9-16/h2-14,26H,15H2,1H3. The summed E-state index contributed by atoms with van der Waals surface area (Å²) in [6.45, 7) is 0. The summed E-state index contributed by atoms with van der Waals surface area (Å²) in [6, 6.07) is 26.6. The molecular formula is C25H19N5OS. The summed E-state index contributed by atoms with van der Waals surface area (Å²) < 4.78 is 7.35. The zero-order chi connectivity index (χ0) is 21.5. The molecule has 0 unspecified atom stereocenters. The van der Waals surface area contributed by atoms with Gasteiger partial charge in [0.15, 0.2) is 0 Å². The lowest BCUT2D eigenvalue weighted by atomic mass is 10.0. The van der Waals surface area contributed by atoms with Gasteiger partial charge in [0.2, 0.25) is 11.0 Å². The minimum Gasteiger partial charge on any atom is -0.497 e. The van der Waals surface area contributed by atoms with Gasteiger partial charge in [-0.1, -0.05) is 72.4 Å². The first-order valence-electron chi connectivity index (χ1n) is 10.3. The number of nitrogens with one attached hydrogen (secondary N) is 1. The molecule has 0 radical (unpaired) electrons. The van der Waals surface area contributed by atoms with E-state index in [0.717, 1.165) is 55.7 Å². The van der Waals surface area contributed by atoms with Crippen LogP contribution in [0.4, 0.5) is 0 Å². The van der Waals surface area contributed by atoms with Gasteiger partial charge in [-0.25, -0.2) is 0 Å². The van der Waals surface area contributed by atoms with Crippen LogP contribution in [0.1, 0.15) is 5.56 Å². The molecule has 1 N–H and O–H groups in total. The van der Waals surface area contributed by atoms with Crippen molar-refractivity contribution in [3.8, 4) is 28.4 Å². The first-order valence-corrected chi connectivity index (χ1v) is 11.3. The maximum absolute atomic E-state index is 5.49. The van der Waals surface area contributed by atoms with Crippen molar-refractivity contribution >= 4 is 28.4 Å². The van der Waals surface area contributed by atoms with Gasteiger partial charge in [0.1, 0.15) is 5.75 Å². The predicted molar refractivity (Wildman–Crippen MR) is 128 cm³/mol. The highest BCUT2D eigenvalue weighted by Crippen LogP contribution is 2.40. The molecule has 0 bridgehead atoms. The van der Waals surface area contributed by atoms with Crippen LogP contribution in [0.25, 0.3) is 33.5 Å². The second-order valence-corrected chi connectivity index (χ2v) is 8.41. The van der Waals surface area contributed by atoms with Crippen molar-refractivity contribution in [3.63, 3.8) is 0 Å². The fourth-order valence-corrected chi connectivity index (χ4v) is 4.86. The van der Waals surface area contributed by atoms with Gasteiger partial charge in [-0.15, -0.1) is 10.2 Å². The summed E-state index contributed by atoms with van der Waals surface area (Å²) in [6.07, 6.45) is 0. The molecule has 6 nitrogen and oxygen atoms in total. The summed E-state index contributed by atoms with van der Waals surface area (Å²) in [5, 5.41) is 15.8. The van der Waals surface area contributed by atoms with Crippen molar-refractivity contribution in [1.82, 2.24) is 19.9 Å². The summed E-state index contributed by atoms with van der Waals surface area (Å²) >= 11 is 1.65. The van der Waals surface area contributed by atoms with Crippen molar-refractivity contribution < 1.29 is 4.74 Å². The Morgan fingerprint density at radius 1 is 0.906 bits per heavy atom. The molecule has 156 valence electrons. The Balaban J connectivity index is 1.58. The van der Waals surface area contributed by atoms with Crippen LogP contribution >= 0.6 is 11.8 Å². The largest absolute Gasteiger partial charge is 0.497 e. The van der Waals surface area contributed by atoms with E-state index in [1.807, 2.05) is 53.2 Å². The number of rotatable bonds is 4. The van der Waals surface area contributed by atoms with Crippen molar-refractivity contribution in [3.05, 3.63) is 84.4 Å². The molecule has 0 spiro atoms. The van der Waals surface area contributed by atoms with Gasteiger partial charge in [0, 0.05) is 22.2 Å². The first kappa shape index (κ1) is 18.9. The van der Waals surface area contributed by atoms with Crippen molar-refractivity contribution in [2.24, 2.45) is 5.10 Å². The molecule has 0 amide bonds. The molecule has 0 aliphatic carbocycles. The number of methoxy groups -OCH3 is 1. The van der Waals surface area contributed by atoms with E-state index in [-0.39, 0.29) is 0 Å². The average Bonchev–Trinajstić information content (AvgIpc) is 3.45. The van der Waals surface area contributed by atoms with Gasteiger partial charge in [-0.2, -0.15) is 9.78 Å². The molecule has 0 saturated heterocycles. The predicted octanol–water partition coefficient (Wildman–Crippen LogP) is 5.46. The lowest BCUT2D eigenvalue weighted by Gasteiger charge is -2.14. The Morgan fingerprint density at radius 2 is 1.66 bits per heavy atom. The molecule has 1 aliphatic rings. The van der Waals surface area contributed by atoms with Gasteiger partial charge in [0.25, 0.3) is 0 Å². The maximum Gasteiger partial charge on any atom is 0.212 e. The smallest absolute Gasteiger partial charge is 0.212 e. The number of aromatic nitrogens is 4. The number of hydrogen-bond acceptors (Lipinski definition) is 5. The first-order chi connectivity index (χ1) is 15.8. The number of thioether (sulfide) groups is 1. The van der Waals surface area contributed by atoms with Crippen LogP contribution < -0.4 is 4.74 Å². The third-order valence-electron chi connectivity index (χ3n) is 5.57. The van der Waals surface area contributed by atoms with Crippen molar-refractivity contribution in [2.45, 2.75) is 5.16 Å². The third-order valence-corrected chi connectivity index (χ3v) is 6.50. The monoisotopic (exact) mass is 437 g/mol. The van der Waals surface area contributed by atoms with E-state index < -0.39 is 0 Å². The Kier molecular flexibility index (Phi) is 4.54. The Bertz CT molecular complexity index is 1450. The molecule has 2 aromatic heterocycles. The molecule has 0 saturated carbocycles. The normalized spacial score (nSPS) is 13.1. The van der Waals surface area contributed by atoms with Crippen molar-refractivity contribution in [1.29, 1.82) is 0 Å². The zero-order valence-electron chi connectivity index (χ0n) is 17.3. The van der Waals surface area contributed by atoms with E-state index in [9.17, 15) is 0 Å². The van der Waals surface area contributed by atoms with Gasteiger partial charge in [-0.3, -0.25) is 0 Å². The van der Waals surface area contributed by atoms with E-state index in [1.165, 1.54) is 0 Å². The molecular weight excluding hydrogens is 418 g/mol. The Hall–Kier alpha value is -3.84. The molecule has 1 aliphatic heterocycles. The van der Waals surface area contributed by atoms with E-state index in [2.05, 4.69) is 45.5 Å². The highest BCUT2D eigenvalue weighted by molar-refractivity contribution is 7.99. The van der Waals surface area contributed by atoms with Gasteiger partial charge in [-0.05, 0) is 29.3 Å². The van der Waals surface area contributed by atoms with E-state index in [4.69, 9.17) is 9.84 Å². The molecule has 32 heavy (non-hydrogen) atoms. The van der Waals surface area contributed by atoms with Gasteiger partial charge >= 0.3 is 0 Å². The fraction of sp³-hybridized carbons (Fsp3) is 0.0800. The third kappa shape index (κ3) is 3.09. The topological polar surface area (TPSA) is 68.1 Å². The molecule has 7 heteroatoms. The second kappa shape index (κ2) is 7.69. The number of ether oxygens (including phenoxy) is 1. The highest BCUT2D eigenvalue weighted by atomic mass is 32.2. The highest BCUT2D eigenvalue weighted by Gasteiger charge is 2.25. The fourth-order valence-electron chi connectivity index (χ4n) is 4.03. The molecule has 0 fully saturated rings. The summed E-state index contributed by atoms with van der Waals surface area (Å²) in [7, 11) is 1.68. The summed E-state index contributed by atoms with van der Waals surface area (Å²) in [5.41, 5.74) is 6.15. The Morgan fingerprint density at radius 3 is 2.41 bits per heavy atom.